The molecule has 0 spiro atoms. The molecule has 0 saturated heterocycles. The van der Waals surface area contributed by atoms with Crippen molar-refractivity contribution in [3.63, 3.8) is 0 Å². The molecular formula is C20H18Cl2N4O2. The van der Waals surface area contributed by atoms with Crippen LogP contribution in [0.3, 0.4) is 0 Å². The number of ether oxygens (including phenoxy) is 1. The minimum Gasteiger partial charge on any atom is -0.494 e. The highest BCUT2D eigenvalue weighted by molar-refractivity contribution is 6.38. The highest BCUT2D eigenvalue weighted by atomic mass is 35.5. The van der Waals surface area contributed by atoms with Crippen molar-refractivity contribution in [1.82, 2.24) is 15.6 Å². The molecule has 0 aliphatic heterocycles. The molecule has 0 aliphatic rings. The summed E-state index contributed by atoms with van der Waals surface area (Å²) in [5, 5.41) is 11.7. The van der Waals surface area contributed by atoms with Gasteiger partial charge >= 0.3 is 0 Å². The molecule has 1 heterocycles. The molecule has 144 valence electrons. The van der Waals surface area contributed by atoms with Crippen LogP contribution in [-0.2, 0) is 0 Å². The summed E-state index contributed by atoms with van der Waals surface area (Å²) in [4.78, 5) is 12.2. The number of carbonyl (C=O) groups is 1. The quantitative estimate of drug-likeness (QED) is 0.422. The smallest absolute Gasteiger partial charge is 0.289 e. The van der Waals surface area contributed by atoms with E-state index in [-0.39, 0.29) is 5.69 Å². The van der Waals surface area contributed by atoms with Gasteiger partial charge in [-0.25, -0.2) is 5.43 Å². The van der Waals surface area contributed by atoms with E-state index in [4.69, 9.17) is 27.9 Å². The van der Waals surface area contributed by atoms with Crippen molar-refractivity contribution in [2.24, 2.45) is 5.10 Å². The number of nitrogens with one attached hydrogen (secondary N) is 2. The Bertz CT molecular complexity index is 964. The molecule has 1 amide bonds. The molecule has 0 radical (unpaired) electrons. The molecule has 0 atom stereocenters. The van der Waals surface area contributed by atoms with Crippen LogP contribution in [-0.4, -0.2) is 28.9 Å². The summed E-state index contributed by atoms with van der Waals surface area (Å²) in [6.45, 7) is 2.73. The summed E-state index contributed by atoms with van der Waals surface area (Å²) in [6.07, 6.45) is 2.35. The van der Waals surface area contributed by atoms with E-state index in [2.05, 4.69) is 27.6 Å². The lowest BCUT2D eigenvalue weighted by molar-refractivity contribution is 0.0950. The van der Waals surface area contributed by atoms with Gasteiger partial charge in [0.2, 0.25) is 0 Å². The number of H-pyrrole nitrogens is 1. The van der Waals surface area contributed by atoms with E-state index in [1.165, 1.54) is 6.21 Å². The number of amides is 1. The van der Waals surface area contributed by atoms with Gasteiger partial charge in [-0.15, -0.1) is 0 Å². The van der Waals surface area contributed by atoms with Crippen molar-refractivity contribution in [3.05, 3.63) is 69.8 Å². The van der Waals surface area contributed by atoms with Crippen LogP contribution in [0.15, 0.2) is 53.6 Å². The van der Waals surface area contributed by atoms with Crippen LogP contribution in [0.25, 0.3) is 11.3 Å². The topological polar surface area (TPSA) is 79.4 Å². The molecule has 0 unspecified atom stereocenters. The number of carbonyl (C=O) groups excluding carboxylic acids is 1. The van der Waals surface area contributed by atoms with Crippen molar-refractivity contribution < 1.29 is 9.53 Å². The molecule has 0 fully saturated rings. The minimum absolute atomic E-state index is 0.281. The normalized spacial score (nSPS) is 11.0. The molecule has 0 bridgehead atoms. The van der Waals surface area contributed by atoms with Gasteiger partial charge in [-0.3, -0.25) is 9.89 Å². The number of aromatic nitrogens is 2. The van der Waals surface area contributed by atoms with Crippen LogP contribution in [0, 0.1) is 0 Å². The van der Waals surface area contributed by atoms with Gasteiger partial charge in [-0.1, -0.05) is 36.2 Å². The van der Waals surface area contributed by atoms with Gasteiger partial charge in [0.05, 0.1) is 28.6 Å². The zero-order chi connectivity index (χ0) is 19.9. The summed E-state index contributed by atoms with van der Waals surface area (Å²) >= 11 is 12.1. The lowest BCUT2D eigenvalue weighted by atomic mass is 10.1. The number of hydrogen-bond donors (Lipinski definition) is 2. The largest absolute Gasteiger partial charge is 0.494 e. The summed E-state index contributed by atoms with van der Waals surface area (Å²) in [7, 11) is 0. The molecule has 6 nitrogen and oxygen atoms in total. The standard InChI is InChI=1S/C20H18Cl2N4O2/c1-2-10-28-14-8-6-13(7-9-14)18-11-19(25-24-18)20(27)26-23-12-15-16(21)4-3-5-17(15)22/h3-9,11-12H,2,10H2,1H3,(H,24,25)(H,26,27)/b23-12-. The maximum absolute atomic E-state index is 12.2. The molecule has 3 aromatic rings. The lowest BCUT2D eigenvalue weighted by Gasteiger charge is -2.04. The molecule has 2 N–H and O–H groups in total. The molecule has 1 aromatic heterocycles. The van der Waals surface area contributed by atoms with Crippen molar-refractivity contribution in [3.8, 4) is 17.0 Å². The van der Waals surface area contributed by atoms with E-state index in [0.29, 0.717) is 27.9 Å². The predicted molar refractivity (Wildman–Crippen MR) is 111 cm³/mol. The molecule has 2 aromatic carbocycles. The zero-order valence-electron chi connectivity index (χ0n) is 15.1. The van der Waals surface area contributed by atoms with E-state index >= 15 is 0 Å². The highest BCUT2D eigenvalue weighted by Gasteiger charge is 2.11. The lowest BCUT2D eigenvalue weighted by Crippen LogP contribution is -2.18. The van der Waals surface area contributed by atoms with Crippen LogP contribution < -0.4 is 10.2 Å². The number of benzene rings is 2. The van der Waals surface area contributed by atoms with Crippen molar-refractivity contribution in [2.45, 2.75) is 13.3 Å². The van der Waals surface area contributed by atoms with E-state index < -0.39 is 5.91 Å². The third-order valence-corrected chi connectivity index (χ3v) is 4.46. The van der Waals surface area contributed by atoms with E-state index in [0.717, 1.165) is 17.7 Å². The monoisotopic (exact) mass is 416 g/mol. The number of hydrogen-bond acceptors (Lipinski definition) is 4. The minimum atomic E-state index is -0.430. The van der Waals surface area contributed by atoms with Crippen LogP contribution in [0.4, 0.5) is 0 Å². The predicted octanol–water partition coefficient (Wildman–Crippen LogP) is 4.94. The van der Waals surface area contributed by atoms with Crippen LogP contribution in [0.5, 0.6) is 5.75 Å². The molecular weight excluding hydrogens is 399 g/mol. The van der Waals surface area contributed by atoms with E-state index in [9.17, 15) is 4.79 Å². The summed E-state index contributed by atoms with van der Waals surface area (Å²) in [5.41, 5.74) is 4.74. The molecule has 28 heavy (non-hydrogen) atoms. The van der Waals surface area contributed by atoms with Crippen LogP contribution in [0.1, 0.15) is 29.4 Å². The molecule has 8 heteroatoms. The average Bonchev–Trinajstić information content (AvgIpc) is 3.19. The Hall–Kier alpha value is -2.83. The van der Waals surface area contributed by atoms with Gasteiger partial charge in [0.15, 0.2) is 0 Å². The first kappa shape index (κ1) is 19.9. The van der Waals surface area contributed by atoms with Crippen molar-refractivity contribution in [1.29, 1.82) is 0 Å². The first-order valence-electron chi connectivity index (χ1n) is 8.64. The fraction of sp³-hybridized carbons (Fsp3) is 0.150. The number of nitrogens with zero attached hydrogens (tertiary/aromatic N) is 2. The third-order valence-electron chi connectivity index (χ3n) is 3.80. The van der Waals surface area contributed by atoms with Crippen LogP contribution in [0.2, 0.25) is 10.0 Å². The SMILES string of the molecule is CCCOc1ccc(-c2cc(C(=O)N/N=C\c3c(Cl)cccc3Cl)[nH]n2)cc1. The second-order valence-corrected chi connectivity index (χ2v) is 6.69. The first-order chi connectivity index (χ1) is 13.6. The first-order valence-corrected chi connectivity index (χ1v) is 9.40. The highest BCUT2D eigenvalue weighted by Crippen LogP contribution is 2.23. The fourth-order valence-electron chi connectivity index (χ4n) is 2.38. The third kappa shape index (κ3) is 4.91. The maximum atomic E-state index is 12.2. The van der Waals surface area contributed by atoms with Gasteiger partial charge in [0, 0.05) is 11.1 Å². The fourth-order valence-corrected chi connectivity index (χ4v) is 2.87. The second kappa shape index (κ2) is 9.39. The zero-order valence-corrected chi connectivity index (χ0v) is 16.6. The number of halogens is 2. The van der Waals surface area contributed by atoms with E-state index in [1.54, 1.807) is 24.3 Å². The van der Waals surface area contributed by atoms with Gasteiger partial charge in [-0.05, 0) is 48.9 Å². The van der Waals surface area contributed by atoms with Gasteiger partial charge in [0.25, 0.3) is 5.91 Å². The van der Waals surface area contributed by atoms with Crippen LogP contribution >= 0.6 is 23.2 Å². The Morgan fingerprint density at radius 3 is 2.61 bits per heavy atom. The van der Waals surface area contributed by atoms with Gasteiger partial charge in [0.1, 0.15) is 11.4 Å². The van der Waals surface area contributed by atoms with Crippen molar-refractivity contribution >= 4 is 35.3 Å². The maximum Gasteiger partial charge on any atom is 0.289 e. The van der Waals surface area contributed by atoms with Gasteiger partial charge < -0.3 is 4.74 Å². The molecule has 0 aliphatic carbocycles. The number of aromatic amines is 1. The Morgan fingerprint density at radius 2 is 1.93 bits per heavy atom. The average molecular weight is 417 g/mol. The molecule has 0 saturated carbocycles. The number of hydrazone groups is 1. The number of rotatable bonds is 7. The summed E-state index contributed by atoms with van der Waals surface area (Å²) in [5.74, 6) is 0.368. The summed E-state index contributed by atoms with van der Waals surface area (Å²) < 4.78 is 5.56. The Kier molecular flexibility index (Phi) is 6.68. The van der Waals surface area contributed by atoms with E-state index in [1.807, 2.05) is 24.3 Å². The Labute approximate surface area is 172 Å². The van der Waals surface area contributed by atoms with Crippen molar-refractivity contribution in [2.75, 3.05) is 6.61 Å². The van der Waals surface area contributed by atoms with Gasteiger partial charge in [-0.2, -0.15) is 10.2 Å². The Balaban J connectivity index is 1.64. The summed E-state index contributed by atoms with van der Waals surface area (Å²) in [6, 6.07) is 14.3. The molecule has 3 rings (SSSR count). The second-order valence-electron chi connectivity index (χ2n) is 5.87. The Morgan fingerprint density at radius 1 is 1.21 bits per heavy atom.